The summed E-state index contributed by atoms with van der Waals surface area (Å²) < 4.78 is 68.5. The van der Waals surface area contributed by atoms with Crippen LogP contribution in [0.1, 0.15) is 94.8 Å². The third-order valence-corrected chi connectivity index (χ3v) is 20.2. The van der Waals surface area contributed by atoms with E-state index < -0.39 is 17.6 Å². The van der Waals surface area contributed by atoms with Crippen LogP contribution < -0.4 is 26.6 Å². The summed E-state index contributed by atoms with van der Waals surface area (Å²) in [5.41, 5.74) is 12.3. The second-order valence-corrected chi connectivity index (χ2v) is 27.9. The Balaban J connectivity index is 0.000000117. The molecular weight excluding hydrogens is 1470 g/mol. The first kappa shape index (κ1) is 73.7. The number of rotatable bonds is 12. The highest BCUT2D eigenvalue weighted by Gasteiger charge is 2.35. The summed E-state index contributed by atoms with van der Waals surface area (Å²) in [5, 5.41) is 49.1. The zero-order valence-corrected chi connectivity index (χ0v) is 61.9. The summed E-state index contributed by atoms with van der Waals surface area (Å²) in [6, 6.07) is 47.2. The van der Waals surface area contributed by atoms with Crippen LogP contribution in [0.2, 0.25) is 15.1 Å². The zero-order chi connectivity index (χ0) is 76.0. The Kier molecular flexibility index (Phi) is 21.8. The molecule has 0 saturated carbocycles. The van der Waals surface area contributed by atoms with Gasteiger partial charge in [-0.15, -0.1) is 0 Å². The Morgan fingerprint density at radius 3 is 1.46 bits per heavy atom. The molecule has 21 nitrogen and oxygen atoms in total. The molecule has 9 N–H and O–H groups in total. The molecule has 0 radical (unpaired) electrons. The van der Waals surface area contributed by atoms with Crippen molar-refractivity contribution in [2.75, 3.05) is 27.8 Å². The number of nitrogens with one attached hydrogen (secondary N) is 9. The number of benzene rings is 7. The molecule has 110 heavy (non-hydrogen) atoms. The van der Waals surface area contributed by atoms with Crippen molar-refractivity contribution in [3.05, 3.63) is 247 Å². The Morgan fingerprint density at radius 1 is 0.391 bits per heavy atom. The van der Waals surface area contributed by atoms with Gasteiger partial charge in [0.1, 0.15) is 40.4 Å². The Morgan fingerprint density at radius 2 is 0.873 bits per heavy atom. The van der Waals surface area contributed by atoms with Crippen molar-refractivity contribution < 1.29 is 22.0 Å². The fourth-order valence-corrected chi connectivity index (χ4v) is 14.1. The molecule has 7 aromatic carbocycles. The number of halogens is 8. The van der Waals surface area contributed by atoms with Gasteiger partial charge in [0, 0.05) is 96.1 Å². The monoisotopic (exact) mass is 1540 g/mol. The van der Waals surface area contributed by atoms with E-state index in [0.29, 0.717) is 103 Å². The number of aromatic amines is 4. The summed E-state index contributed by atoms with van der Waals surface area (Å²) in [7, 11) is 0. The highest BCUT2D eigenvalue weighted by Crippen LogP contribution is 2.40. The van der Waals surface area contributed by atoms with Crippen LogP contribution in [0.4, 0.5) is 68.5 Å². The summed E-state index contributed by atoms with van der Waals surface area (Å²) >= 11 is 19.1. The van der Waals surface area contributed by atoms with E-state index in [1.165, 1.54) is 48.4 Å². The molecule has 556 valence electrons. The molecule has 8 aromatic heterocycles. The molecule has 15 aromatic rings. The van der Waals surface area contributed by atoms with Crippen LogP contribution in [0, 0.1) is 32.4 Å². The molecular formula is C81H71Cl3F5N21. The number of alkyl halides is 3. The minimum Gasteiger partial charge on any atom is -0.323 e. The van der Waals surface area contributed by atoms with E-state index in [-0.39, 0.29) is 17.2 Å². The van der Waals surface area contributed by atoms with Gasteiger partial charge in [0.2, 0.25) is 0 Å². The van der Waals surface area contributed by atoms with Gasteiger partial charge in [0.15, 0.2) is 46.6 Å². The van der Waals surface area contributed by atoms with Gasteiger partial charge in [-0.2, -0.15) is 33.6 Å². The van der Waals surface area contributed by atoms with Gasteiger partial charge in [-0.3, -0.25) is 20.4 Å². The molecule has 0 fully saturated rings. The minimum atomic E-state index is -4.54. The number of para-hydroxylation sites is 2. The van der Waals surface area contributed by atoms with Gasteiger partial charge < -0.3 is 26.6 Å². The van der Waals surface area contributed by atoms with E-state index in [1.54, 1.807) is 12.1 Å². The van der Waals surface area contributed by atoms with Crippen molar-refractivity contribution in [3.8, 4) is 45.6 Å². The van der Waals surface area contributed by atoms with Gasteiger partial charge in [-0.25, -0.2) is 48.7 Å². The van der Waals surface area contributed by atoms with Crippen molar-refractivity contribution in [1.82, 2.24) is 86.0 Å². The minimum absolute atomic E-state index is 0.0381. The predicted molar refractivity (Wildman–Crippen MR) is 422 cm³/mol. The lowest BCUT2D eigenvalue weighted by Gasteiger charge is -2.21. The maximum absolute atomic E-state index is 14.1. The van der Waals surface area contributed by atoms with Crippen molar-refractivity contribution in [2.45, 2.75) is 104 Å². The first-order chi connectivity index (χ1) is 53.4. The Bertz CT molecular complexity index is 5880. The first-order valence-corrected chi connectivity index (χ1v) is 37.0. The van der Waals surface area contributed by atoms with Gasteiger partial charge in [0.05, 0.1) is 37.4 Å². The van der Waals surface area contributed by atoms with Crippen LogP contribution in [-0.2, 0) is 44.8 Å². The number of aryl methyl sites for hydroxylation is 4. The third-order valence-electron chi connectivity index (χ3n) is 19.2. The van der Waals surface area contributed by atoms with E-state index >= 15 is 0 Å². The summed E-state index contributed by atoms with van der Waals surface area (Å²) in [5.74, 6) is 6.08. The van der Waals surface area contributed by atoms with E-state index in [4.69, 9.17) is 54.7 Å². The molecule has 0 unspecified atom stereocenters. The molecule has 0 atom stereocenters. The largest absolute Gasteiger partial charge is 0.417 e. The van der Waals surface area contributed by atoms with Crippen molar-refractivity contribution in [1.29, 1.82) is 0 Å². The molecule has 1 aliphatic heterocycles. The lowest BCUT2D eigenvalue weighted by molar-refractivity contribution is -0.137. The van der Waals surface area contributed by atoms with Gasteiger partial charge >= 0.3 is 6.18 Å². The van der Waals surface area contributed by atoms with Gasteiger partial charge in [-0.05, 0) is 170 Å². The van der Waals surface area contributed by atoms with E-state index in [0.717, 1.165) is 154 Å². The predicted octanol–water partition coefficient (Wildman–Crippen LogP) is 20.3. The molecule has 0 saturated heterocycles. The number of hydrogen-bond acceptors (Lipinski definition) is 17. The highest BCUT2D eigenvalue weighted by atomic mass is 35.5. The Labute approximate surface area is 642 Å². The fraction of sp³-hybridized carbons (Fsp3) is 0.210. The second kappa shape index (κ2) is 32.5. The van der Waals surface area contributed by atoms with Crippen molar-refractivity contribution >= 4 is 114 Å². The summed E-state index contributed by atoms with van der Waals surface area (Å²) in [6.07, 6.45) is 6.65. The number of aromatic nitrogens is 16. The topological polar surface area (TPSA) is 278 Å². The summed E-state index contributed by atoms with van der Waals surface area (Å²) in [6.45, 7) is 6.97. The lowest BCUT2D eigenvalue weighted by atomic mass is 10.0. The zero-order valence-electron chi connectivity index (χ0n) is 59.7. The first-order valence-electron chi connectivity index (χ1n) is 35.9. The van der Waals surface area contributed by atoms with E-state index in [2.05, 4.69) is 93.4 Å². The number of nitrogens with zero attached hydrogens (tertiary/aromatic N) is 12. The van der Waals surface area contributed by atoms with Crippen LogP contribution in [-0.4, -0.2) is 87.2 Å². The molecule has 0 spiro atoms. The van der Waals surface area contributed by atoms with Crippen LogP contribution in [0.5, 0.6) is 0 Å². The average Bonchev–Trinajstić information content (AvgIpc) is 0.952. The number of anilines is 8. The van der Waals surface area contributed by atoms with Crippen LogP contribution in [0.15, 0.2) is 164 Å². The second-order valence-electron chi connectivity index (χ2n) is 26.7. The maximum atomic E-state index is 14.1. The molecule has 0 amide bonds. The maximum Gasteiger partial charge on any atom is 0.417 e. The number of hydrogen-bond donors (Lipinski definition) is 9. The molecule has 0 bridgehead atoms. The lowest BCUT2D eigenvalue weighted by Crippen LogP contribution is -2.26. The van der Waals surface area contributed by atoms with Crippen LogP contribution >= 0.6 is 34.8 Å². The highest BCUT2D eigenvalue weighted by molar-refractivity contribution is 6.34. The van der Waals surface area contributed by atoms with Crippen LogP contribution in [0.3, 0.4) is 0 Å². The smallest absolute Gasteiger partial charge is 0.323 e. The Hall–Kier alpha value is -11.8. The van der Waals surface area contributed by atoms with Gasteiger partial charge in [0.25, 0.3) is 0 Å². The SMILES string of the molecule is Cc1cc(Nc2nc(-c3ccccc3Cl)nc(C)c2C)n[nH]1.Clc1ccccc1-c1nc2c(c(Nc3n[nH]c4ccccc34)n1)CCCCC2.Fc1ccc2[nH]nc(Nc3nc(-c4ccccc4C(F)(F)F)nc4c3CCNC4)c2c1.Fc1cccc2c(Nc3nc(-c4ccccc4Cl)nc4c3CCCCC4)n[nH]c12. The average molecular weight is 1540 g/mol. The molecule has 2 aliphatic carbocycles. The molecule has 3 aliphatic rings. The molecule has 18 rings (SSSR count). The number of H-pyrrole nitrogens is 4. The quantitative estimate of drug-likeness (QED) is 0.0406. The normalized spacial score (nSPS) is 13.3. The summed E-state index contributed by atoms with van der Waals surface area (Å²) in [4.78, 5) is 37.4. The molecule has 29 heteroatoms. The van der Waals surface area contributed by atoms with E-state index in [1.807, 2.05) is 124 Å². The van der Waals surface area contributed by atoms with Crippen LogP contribution in [0.25, 0.3) is 78.3 Å². The van der Waals surface area contributed by atoms with Crippen molar-refractivity contribution in [2.24, 2.45) is 0 Å². The number of fused-ring (bicyclic) bond motifs is 6. The molecule has 9 heterocycles. The fourth-order valence-electron chi connectivity index (χ4n) is 13.5. The van der Waals surface area contributed by atoms with E-state index in [9.17, 15) is 22.0 Å². The third kappa shape index (κ3) is 16.3. The standard InChI is InChI=1S/C22H19ClFN5.C22H20ClN5.C21H16F4N6.C16H16ClN5/c23-16-10-5-4-7-13(16)20-25-18-12-3-1-2-8-14(18)21(26-20)27-22-15-9-6-11-17(24)19(15)28-29-22;23-17-11-6-4-8-14(17)20-24-18-12-3-1-2-9-15(18)21(25-20)26-22-16-10-5-7-13-19(16)27-28-22;22-11-5-6-16-14(9-11)20(31-30-16)29-19-13-7-8-26-10-17(13)27-18(28-19)12-3-1-2-4-15(12)21(23,24)25;1-9-8-14(22-21-9)19-15-10(2)11(3)18-16(20-15)12-6-4-5-7-13(12)17/h4-7,9-11H,1-3,8,12H2,(H2,25,26,27,28,29);4-8,10-11,13H,1-3,9,12H2,(H2,24,25,26,27,28);1-6,9,26H,7-8,10H2,(H2,27,28,29,30,31);4-8H,1-3H3,(H2,18,19,20,21,22). The van der Waals surface area contributed by atoms with Crippen molar-refractivity contribution in [3.63, 3.8) is 0 Å². The van der Waals surface area contributed by atoms with Gasteiger partial charge in [-0.1, -0.05) is 120 Å².